The quantitative estimate of drug-likeness (QED) is 0.807. The Hall–Kier alpha value is -1.26. The van der Waals surface area contributed by atoms with Crippen LogP contribution in [-0.4, -0.2) is 41.1 Å². The normalized spacial score (nSPS) is 38.3. The van der Waals surface area contributed by atoms with Gasteiger partial charge in [0.2, 0.25) is 5.91 Å². The minimum atomic E-state index is -0.224. The number of alkyl carbamates (subject to hydrolysis) is 1. The van der Waals surface area contributed by atoms with Crippen LogP contribution in [0.25, 0.3) is 0 Å². The summed E-state index contributed by atoms with van der Waals surface area (Å²) in [6, 6.07) is 0.294. The van der Waals surface area contributed by atoms with E-state index in [0.717, 1.165) is 57.9 Å². The summed E-state index contributed by atoms with van der Waals surface area (Å²) in [4.78, 5) is 27.2. The lowest BCUT2D eigenvalue weighted by Gasteiger charge is -2.51. The first-order valence-corrected chi connectivity index (χ1v) is 10.9. The van der Waals surface area contributed by atoms with E-state index in [4.69, 9.17) is 4.74 Å². The van der Waals surface area contributed by atoms with Crippen molar-refractivity contribution in [1.29, 1.82) is 0 Å². The van der Waals surface area contributed by atoms with Crippen LogP contribution in [0.5, 0.6) is 0 Å². The van der Waals surface area contributed by atoms with Gasteiger partial charge in [-0.05, 0) is 63.2 Å². The lowest BCUT2D eigenvalue weighted by atomic mass is 9.64. The first-order valence-electron chi connectivity index (χ1n) is 10.9. The maximum atomic E-state index is 12.6. The molecule has 0 radical (unpaired) electrons. The number of carbonyl (C=O) groups excluding carboxylic acids is 2. The van der Waals surface area contributed by atoms with Crippen molar-refractivity contribution in [2.24, 2.45) is 11.8 Å². The number of amides is 2. The Morgan fingerprint density at radius 3 is 2.69 bits per heavy atom. The van der Waals surface area contributed by atoms with Crippen molar-refractivity contribution in [3.05, 3.63) is 0 Å². The Bertz CT molecular complexity index is 545. The second-order valence-corrected chi connectivity index (χ2v) is 9.07. The molecule has 2 aliphatic heterocycles. The van der Waals surface area contributed by atoms with Gasteiger partial charge in [-0.1, -0.05) is 26.2 Å². The van der Waals surface area contributed by atoms with Gasteiger partial charge >= 0.3 is 6.09 Å². The number of hydrogen-bond acceptors (Lipinski definition) is 3. The van der Waals surface area contributed by atoms with Crippen molar-refractivity contribution in [3.8, 4) is 0 Å². The van der Waals surface area contributed by atoms with Crippen LogP contribution in [0, 0.1) is 11.8 Å². The van der Waals surface area contributed by atoms with E-state index in [1.54, 1.807) is 0 Å². The Morgan fingerprint density at radius 1 is 1.08 bits per heavy atom. The molecule has 5 heteroatoms. The van der Waals surface area contributed by atoms with E-state index < -0.39 is 0 Å². The lowest BCUT2D eigenvalue weighted by molar-refractivity contribution is -0.140. The minimum Gasteiger partial charge on any atom is -0.446 e. The van der Waals surface area contributed by atoms with Crippen LogP contribution in [0.3, 0.4) is 0 Å². The van der Waals surface area contributed by atoms with Crippen molar-refractivity contribution in [1.82, 2.24) is 10.2 Å². The van der Waals surface area contributed by atoms with Gasteiger partial charge in [0.25, 0.3) is 0 Å². The van der Waals surface area contributed by atoms with Crippen LogP contribution >= 0.6 is 0 Å². The second-order valence-electron chi connectivity index (χ2n) is 9.07. The molecule has 26 heavy (non-hydrogen) atoms. The number of hydrogen-bond donors (Lipinski definition) is 1. The summed E-state index contributed by atoms with van der Waals surface area (Å²) in [5.41, 5.74) is 0.0483. The van der Waals surface area contributed by atoms with Gasteiger partial charge in [0.1, 0.15) is 6.10 Å². The zero-order valence-electron chi connectivity index (χ0n) is 16.2. The Balaban J connectivity index is 1.41. The molecule has 2 heterocycles. The molecule has 1 N–H and O–H groups in total. The van der Waals surface area contributed by atoms with Crippen molar-refractivity contribution in [3.63, 3.8) is 0 Å². The van der Waals surface area contributed by atoms with Gasteiger partial charge < -0.3 is 15.0 Å². The Labute approximate surface area is 157 Å². The maximum Gasteiger partial charge on any atom is 0.407 e. The molecule has 4 aliphatic rings. The molecule has 2 saturated carbocycles. The molecule has 0 unspecified atom stereocenters. The highest BCUT2D eigenvalue weighted by Gasteiger charge is 2.55. The average Bonchev–Trinajstić information content (AvgIpc) is 3.00. The maximum absolute atomic E-state index is 12.6. The molecule has 1 spiro atoms. The molecule has 2 saturated heterocycles. The number of nitrogens with zero attached hydrogens (tertiary/aromatic N) is 1. The zero-order valence-corrected chi connectivity index (χ0v) is 16.2. The van der Waals surface area contributed by atoms with Gasteiger partial charge in [0.15, 0.2) is 0 Å². The van der Waals surface area contributed by atoms with E-state index in [2.05, 4.69) is 17.1 Å². The number of nitrogens with one attached hydrogen (secondary N) is 1. The van der Waals surface area contributed by atoms with Gasteiger partial charge in [0.05, 0.1) is 0 Å². The highest BCUT2D eigenvalue weighted by atomic mass is 16.6. The molecule has 0 bridgehead atoms. The van der Waals surface area contributed by atoms with E-state index >= 15 is 0 Å². The summed E-state index contributed by atoms with van der Waals surface area (Å²) in [5, 5.41) is 3.10. The Morgan fingerprint density at radius 2 is 1.88 bits per heavy atom. The van der Waals surface area contributed by atoms with E-state index in [1.165, 1.54) is 19.3 Å². The summed E-state index contributed by atoms with van der Waals surface area (Å²) in [5.74, 6) is 1.15. The second kappa shape index (κ2) is 7.40. The van der Waals surface area contributed by atoms with E-state index in [-0.39, 0.29) is 17.7 Å². The molecular formula is C21H34N2O3. The molecule has 2 aliphatic carbocycles. The fourth-order valence-electron chi connectivity index (χ4n) is 6.40. The van der Waals surface area contributed by atoms with Crippen LogP contribution < -0.4 is 5.32 Å². The average molecular weight is 363 g/mol. The van der Waals surface area contributed by atoms with E-state index in [9.17, 15) is 9.59 Å². The molecule has 5 nitrogen and oxygen atoms in total. The topological polar surface area (TPSA) is 58.6 Å². The third kappa shape index (κ3) is 3.22. The lowest BCUT2D eigenvalue weighted by Crippen LogP contribution is -2.58. The highest BCUT2D eigenvalue weighted by molar-refractivity contribution is 5.78. The van der Waals surface area contributed by atoms with Crippen LogP contribution in [0.1, 0.15) is 84.0 Å². The minimum absolute atomic E-state index is 0.00938. The summed E-state index contributed by atoms with van der Waals surface area (Å²) in [6.45, 7) is 3.17. The fraction of sp³-hybridized carbons (Fsp3) is 0.905. The zero-order chi connectivity index (χ0) is 18.1. The largest absolute Gasteiger partial charge is 0.446 e. The SMILES string of the molecule is C[C@H]1[C@@H](OC(=O)NC2CCCCC2)CC[C@@]23CCCN2C(=O)CCC[C@@H]13. The van der Waals surface area contributed by atoms with Crippen molar-refractivity contribution in [2.75, 3.05) is 6.54 Å². The first-order chi connectivity index (χ1) is 12.6. The molecule has 4 fully saturated rings. The first kappa shape index (κ1) is 18.1. The van der Waals surface area contributed by atoms with Crippen LogP contribution in [-0.2, 0) is 9.53 Å². The van der Waals surface area contributed by atoms with Crippen LogP contribution in [0.4, 0.5) is 4.79 Å². The molecule has 2 amide bonds. The molecular weight excluding hydrogens is 328 g/mol. The van der Waals surface area contributed by atoms with Gasteiger partial charge in [-0.3, -0.25) is 4.79 Å². The summed E-state index contributed by atoms with van der Waals surface area (Å²) in [6.07, 6.45) is 12.5. The number of ether oxygens (including phenoxy) is 1. The molecule has 0 aromatic rings. The third-order valence-corrected chi connectivity index (χ3v) is 7.69. The highest BCUT2D eigenvalue weighted by Crippen LogP contribution is 2.52. The van der Waals surface area contributed by atoms with Gasteiger partial charge in [-0.15, -0.1) is 0 Å². The van der Waals surface area contributed by atoms with Gasteiger partial charge in [0, 0.05) is 24.5 Å². The van der Waals surface area contributed by atoms with Gasteiger partial charge in [-0.2, -0.15) is 0 Å². The van der Waals surface area contributed by atoms with Crippen molar-refractivity contribution < 1.29 is 14.3 Å². The molecule has 0 aromatic carbocycles. The van der Waals surface area contributed by atoms with Crippen molar-refractivity contribution >= 4 is 12.0 Å². The monoisotopic (exact) mass is 362 g/mol. The third-order valence-electron chi connectivity index (χ3n) is 7.69. The summed E-state index contributed by atoms with van der Waals surface area (Å²) < 4.78 is 5.91. The van der Waals surface area contributed by atoms with E-state index in [1.807, 2.05) is 0 Å². The predicted octanol–water partition coefficient (Wildman–Crippen LogP) is 4.01. The van der Waals surface area contributed by atoms with Crippen LogP contribution in [0.15, 0.2) is 0 Å². The number of rotatable bonds is 2. The van der Waals surface area contributed by atoms with Crippen molar-refractivity contribution in [2.45, 2.75) is 102 Å². The smallest absolute Gasteiger partial charge is 0.407 e. The standard InChI is InChI=1S/C21H34N2O3/c1-15-17-9-5-10-19(24)23-14-6-12-21(17,23)13-11-18(15)26-20(25)22-16-7-3-2-4-8-16/h15-18H,2-14H2,1H3,(H,22,25)/t15-,17+,18+,21-/m1/s1. The van der Waals surface area contributed by atoms with E-state index in [0.29, 0.717) is 30.2 Å². The fourth-order valence-corrected chi connectivity index (χ4v) is 6.40. The number of carbonyl (C=O) groups is 2. The van der Waals surface area contributed by atoms with Gasteiger partial charge in [-0.25, -0.2) is 4.79 Å². The summed E-state index contributed by atoms with van der Waals surface area (Å²) in [7, 11) is 0. The predicted molar refractivity (Wildman–Crippen MR) is 99.7 cm³/mol. The Kier molecular flexibility index (Phi) is 5.15. The van der Waals surface area contributed by atoms with Crippen LogP contribution in [0.2, 0.25) is 0 Å². The molecule has 146 valence electrons. The molecule has 4 atom stereocenters. The molecule has 0 aromatic heterocycles. The molecule has 4 rings (SSSR count). The summed E-state index contributed by atoms with van der Waals surface area (Å²) >= 11 is 0.